The van der Waals surface area contributed by atoms with Gasteiger partial charge in [0.2, 0.25) is 0 Å². The number of aliphatic carboxylic acids is 1. The molecule has 21 heavy (non-hydrogen) atoms. The molecule has 0 saturated carbocycles. The van der Waals surface area contributed by atoms with Gasteiger partial charge in [-0.05, 0) is 57.0 Å². The molecule has 1 aromatic rings. The number of benzene rings is 1. The van der Waals surface area contributed by atoms with E-state index < -0.39 is 5.97 Å². The van der Waals surface area contributed by atoms with Gasteiger partial charge in [-0.1, -0.05) is 0 Å². The topological polar surface area (TPSA) is 49.8 Å². The van der Waals surface area contributed by atoms with Crippen molar-refractivity contribution in [2.45, 2.75) is 31.7 Å². The maximum atomic E-state index is 13.6. The highest BCUT2D eigenvalue weighted by Gasteiger charge is 2.31. The van der Waals surface area contributed by atoms with E-state index >= 15 is 0 Å². The van der Waals surface area contributed by atoms with Crippen molar-refractivity contribution < 1.29 is 19.0 Å². The van der Waals surface area contributed by atoms with E-state index in [0.29, 0.717) is 19.4 Å². The van der Waals surface area contributed by atoms with E-state index in [1.165, 1.54) is 6.07 Å². The van der Waals surface area contributed by atoms with Gasteiger partial charge in [-0.3, -0.25) is 9.69 Å². The van der Waals surface area contributed by atoms with Crippen LogP contribution >= 0.6 is 0 Å². The molecule has 0 aromatic heterocycles. The lowest BCUT2D eigenvalue weighted by Gasteiger charge is -2.36. The van der Waals surface area contributed by atoms with E-state index in [0.717, 1.165) is 37.2 Å². The Kier molecular flexibility index (Phi) is 4.10. The van der Waals surface area contributed by atoms with Crippen LogP contribution in [0.1, 0.15) is 37.3 Å². The third kappa shape index (κ3) is 3.02. The summed E-state index contributed by atoms with van der Waals surface area (Å²) in [5.74, 6) is -0.426. The van der Waals surface area contributed by atoms with Crippen LogP contribution in [0.25, 0.3) is 0 Å². The molecular formula is C16H20FNO3. The second-order valence-corrected chi connectivity index (χ2v) is 5.84. The SMILES string of the molecule is O=C(O)C1CCN(C2CCCOc3ccc(F)cc32)CC1. The number of likely N-dealkylation sites (tertiary alicyclic amines) is 1. The largest absolute Gasteiger partial charge is 0.493 e. The van der Waals surface area contributed by atoms with Crippen molar-refractivity contribution in [3.8, 4) is 5.75 Å². The molecule has 0 bridgehead atoms. The lowest BCUT2D eigenvalue weighted by molar-refractivity contribution is -0.143. The molecule has 5 heteroatoms. The van der Waals surface area contributed by atoms with E-state index in [2.05, 4.69) is 4.90 Å². The molecule has 0 aliphatic carbocycles. The van der Waals surface area contributed by atoms with E-state index in [1.54, 1.807) is 12.1 Å². The smallest absolute Gasteiger partial charge is 0.306 e. The highest BCUT2D eigenvalue weighted by atomic mass is 19.1. The Bertz CT molecular complexity index is 526. The van der Waals surface area contributed by atoms with Crippen molar-refractivity contribution in [2.24, 2.45) is 5.92 Å². The number of halogens is 1. The van der Waals surface area contributed by atoms with Crippen molar-refractivity contribution in [1.82, 2.24) is 4.90 Å². The van der Waals surface area contributed by atoms with Crippen molar-refractivity contribution in [2.75, 3.05) is 19.7 Å². The zero-order valence-electron chi connectivity index (χ0n) is 11.9. The molecule has 0 amide bonds. The minimum Gasteiger partial charge on any atom is -0.493 e. The molecular weight excluding hydrogens is 273 g/mol. The van der Waals surface area contributed by atoms with Crippen LogP contribution in [0.5, 0.6) is 5.75 Å². The van der Waals surface area contributed by atoms with Crippen LogP contribution in [-0.4, -0.2) is 35.7 Å². The Balaban J connectivity index is 1.80. The van der Waals surface area contributed by atoms with Gasteiger partial charge in [0.05, 0.1) is 12.5 Å². The average molecular weight is 293 g/mol. The summed E-state index contributed by atoms with van der Waals surface area (Å²) in [4.78, 5) is 13.3. The molecule has 0 radical (unpaired) electrons. The number of carboxylic acid groups (broad SMARTS) is 1. The third-order valence-electron chi connectivity index (χ3n) is 4.53. The Hall–Kier alpha value is -1.62. The first-order valence-electron chi connectivity index (χ1n) is 7.54. The first kappa shape index (κ1) is 14.3. The number of carbonyl (C=O) groups is 1. The monoisotopic (exact) mass is 293 g/mol. The standard InChI is InChI=1S/C16H20FNO3/c17-12-3-4-15-13(10-12)14(2-1-9-21-15)18-7-5-11(6-8-18)16(19)20/h3-4,10-11,14H,1-2,5-9H2,(H,19,20). The second-order valence-electron chi connectivity index (χ2n) is 5.84. The lowest BCUT2D eigenvalue weighted by Crippen LogP contribution is -2.38. The van der Waals surface area contributed by atoms with Gasteiger partial charge in [0.1, 0.15) is 11.6 Å². The summed E-state index contributed by atoms with van der Waals surface area (Å²) in [7, 11) is 0. The highest BCUT2D eigenvalue weighted by molar-refractivity contribution is 5.70. The van der Waals surface area contributed by atoms with Gasteiger partial charge in [-0.25, -0.2) is 4.39 Å². The number of fused-ring (bicyclic) bond motifs is 1. The zero-order chi connectivity index (χ0) is 14.8. The maximum absolute atomic E-state index is 13.6. The first-order chi connectivity index (χ1) is 10.1. The molecule has 2 heterocycles. The summed E-state index contributed by atoms with van der Waals surface area (Å²) in [6.45, 7) is 2.15. The molecule has 3 rings (SSSR count). The summed E-state index contributed by atoms with van der Waals surface area (Å²) in [5.41, 5.74) is 0.904. The predicted octanol–water partition coefficient (Wildman–Crippen LogP) is 2.84. The van der Waals surface area contributed by atoms with Crippen LogP contribution in [0.4, 0.5) is 4.39 Å². The first-order valence-corrected chi connectivity index (χ1v) is 7.54. The number of rotatable bonds is 2. The second kappa shape index (κ2) is 6.02. The van der Waals surface area contributed by atoms with Gasteiger partial charge in [0.15, 0.2) is 0 Å². The fourth-order valence-electron chi connectivity index (χ4n) is 3.36. The number of ether oxygens (including phenoxy) is 1. The average Bonchev–Trinajstić information content (AvgIpc) is 2.69. The summed E-state index contributed by atoms with van der Waals surface area (Å²) in [5, 5.41) is 9.09. The molecule has 1 fully saturated rings. The Morgan fingerprint density at radius 1 is 1.29 bits per heavy atom. The van der Waals surface area contributed by atoms with E-state index in [4.69, 9.17) is 9.84 Å². The van der Waals surface area contributed by atoms with Gasteiger partial charge in [0.25, 0.3) is 0 Å². The lowest BCUT2D eigenvalue weighted by atomic mass is 9.92. The molecule has 1 aromatic carbocycles. The van der Waals surface area contributed by atoms with Crippen LogP contribution in [-0.2, 0) is 4.79 Å². The summed E-state index contributed by atoms with van der Waals surface area (Å²) >= 11 is 0. The molecule has 1 unspecified atom stereocenters. The molecule has 2 aliphatic rings. The van der Waals surface area contributed by atoms with Gasteiger partial charge < -0.3 is 9.84 Å². The number of carboxylic acids is 1. The molecule has 114 valence electrons. The molecule has 1 saturated heterocycles. The minimum atomic E-state index is -0.703. The normalized spacial score (nSPS) is 24.0. The van der Waals surface area contributed by atoms with Gasteiger partial charge >= 0.3 is 5.97 Å². The zero-order valence-corrected chi connectivity index (χ0v) is 11.9. The van der Waals surface area contributed by atoms with Crippen molar-refractivity contribution in [3.63, 3.8) is 0 Å². The van der Waals surface area contributed by atoms with E-state index in [-0.39, 0.29) is 17.8 Å². The Morgan fingerprint density at radius 3 is 2.76 bits per heavy atom. The van der Waals surface area contributed by atoms with E-state index in [1.807, 2.05) is 0 Å². The Morgan fingerprint density at radius 2 is 2.05 bits per heavy atom. The van der Waals surface area contributed by atoms with E-state index in [9.17, 15) is 9.18 Å². The summed E-state index contributed by atoms with van der Waals surface area (Å²) < 4.78 is 19.3. The highest BCUT2D eigenvalue weighted by Crippen LogP contribution is 2.37. The fraction of sp³-hybridized carbons (Fsp3) is 0.562. The molecule has 1 N–H and O–H groups in total. The van der Waals surface area contributed by atoms with Crippen LogP contribution in [0, 0.1) is 11.7 Å². The van der Waals surface area contributed by atoms with Gasteiger partial charge in [-0.15, -0.1) is 0 Å². The quantitative estimate of drug-likeness (QED) is 0.911. The van der Waals surface area contributed by atoms with Crippen LogP contribution in [0.2, 0.25) is 0 Å². The number of hydrogen-bond donors (Lipinski definition) is 1. The van der Waals surface area contributed by atoms with Crippen LogP contribution in [0.15, 0.2) is 18.2 Å². The summed E-state index contributed by atoms with van der Waals surface area (Å²) in [6, 6.07) is 4.83. The molecule has 0 spiro atoms. The minimum absolute atomic E-state index is 0.132. The molecule has 4 nitrogen and oxygen atoms in total. The maximum Gasteiger partial charge on any atom is 0.306 e. The third-order valence-corrected chi connectivity index (χ3v) is 4.53. The van der Waals surface area contributed by atoms with Crippen LogP contribution < -0.4 is 4.74 Å². The van der Waals surface area contributed by atoms with Crippen molar-refractivity contribution in [1.29, 1.82) is 0 Å². The van der Waals surface area contributed by atoms with Crippen LogP contribution in [0.3, 0.4) is 0 Å². The molecule has 1 atom stereocenters. The van der Waals surface area contributed by atoms with Crippen molar-refractivity contribution in [3.05, 3.63) is 29.6 Å². The van der Waals surface area contributed by atoms with Crippen molar-refractivity contribution >= 4 is 5.97 Å². The molecule has 2 aliphatic heterocycles. The predicted molar refractivity (Wildman–Crippen MR) is 75.8 cm³/mol. The number of nitrogens with zero attached hydrogens (tertiary/aromatic N) is 1. The number of piperidine rings is 1. The number of hydrogen-bond acceptors (Lipinski definition) is 3. The Labute approximate surface area is 123 Å². The van der Waals surface area contributed by atoms with Gasteiger partial charge in [0, 0.05) is 11.6 Å². The van der Waals surface area contributed by atoms with Gasteiger partial charge in [-0.2, -0.15) is 0 Å². The fourth-order valence-corrected chi connectivity index (χ4v) is 3.36. The summed E-state index contributed by atoms with van der Waals surface area (Å²) in [6.07, 6.45) is 3.18.